The molecule has 1 saturated carbocycles. The molecule has 0 unspecified atom stereocenters. The molecule has 2 atom stereocenters. The first kappa shape index (κ1) is 19.3. The summed E-state index contributed by atoms with van der Waals surface area (Å²) in [6.45, 7) is 1.75. The number of aryl methyl sites for hydroxylation is 1. The maximum atomic E-state index is 13.6. The summed E-state index contributed by atoms with van der Waals surface area (Å²) in [7, 11) is -2.63. The number of thiazole rings is 1. The van der Waals surface area contributed by atoms with Gasteiger partial charge in [0.1, 0.15) is 5.01 Å². The van der Waals surface area contributed by atoms with Crippen molar-refractivity contribution in [3.05, 3.63) is 34.8 Å². The fourth-order valence-corrected chi connectivity index (χ4v) is 6.00. The van der Waals surface area contributed by atoms with Crippen LogP contribution in [0.5, 0.6) is 0 Å². The Hall–Kier alpha value is -1.45. The van der Waals surface area contributed by atoms with Gasteiger partial charge in [-0.2, -0.15) is 13.2 Å². The van der Waals surface area contributed by atoms with Crippen LogP contribution in [0.1, 0.15) is 30.5 Å². The zero-order chi connectivity index (χ0) is 19.1. The summed E-state index contributed by atoms with van der Waals surface area (Å²) in [6.07, 6.45) is -3.97. The van der Waals surface area contributed by atoms with E-state index in [0.29, 0.717) is 23.5 Å². The molecule has 1 aliphatic carbocycles. The van der Waals surface area contributed by atoms with Gasteiger partial charge in [0.05, 0.1) is 21.8 Å². The van der Waals surface area contributed by atoms with E-state index in [2.05, 4.69) is 4.98 Å². The molecule has 0 spiro atoms. The summed E-state index contributed by atoms with van der Waals surface area (Å²) in [4.78, 5) is 3.52. The molecule has 0 N–H and O–H groups in total. The van der Waals surface area contributed by atoms with Gasteiger partial charge in [-0.1, -0.05) is 6.07 Å². The number of alkyl halides is 3. The van der Waals surface area contributed by atoms with Crippen molar-refractivity contribution in [3.8, 4) is 10.6 Å². The van der Waals surface area contributed by atoms with E-state index in [1.54, 1.807) is 12.3 Å². The average Bonchev–Trinajstić information content (AvgIpc) is 3.22. The number of ether oxygens (including phenoxy) is 1. The molecule has 2 aromatic rings. The number of halogens is 3. The maximum absolute atomic E-state index is 13.6. The van der Waals surface area contributed by atoms with Crippen molar-refractivity contribution >= 4 is 21.2 Å². The van der Waals surface area contributed by atoms with E-state index in [-0.39, 0.29) is 18.1 Å². The van der Waals surface area contributed by atoms with Gasteiger partial charge >= 0.3 is 6.18 Å². The van der Waals surface area contributed by atoms with Crippen LogP contribution >= 0.6 is 11.3 Å². The predicted octanol–water partition coefficient (Wildman–Crippen LogP) is 4.48. The highest BCUT2D eigenvalue weighted by Gasteiger charge is 2.42. The molecule has 0 bridgehead atoms. The molecule has 4 nitrogen and oxygen atoms in total. The lowest BCUT2D eigenvalue weighted by Gasteiger charge is -2.18. The van der Waals surface area contributed by atoms with E-state index in [0.717, 1.165) is 12.1 Å². The molecule has 26 heavy (non-hydrogen) atoms. The highest BCUT2D eigenvalue weighted by molar-refractivity contribution is 7.92. The third kappa shape index (κ3) is 3.65. The van der Waals surface area contributed by atoms with Gasteiger partial charge < -0.3 is 4.74 Å². The molecule has 1 heterocycles. The van der Waals surface area contributed by atoms with Crippen molar-refractivity contribution < 1.29 is 26.3 Å². The average molecular weight is 405 g/mol. The number of aromatic nitrogens is 1. The largest absolute Gasteiger partial charge is 0.417 e. The lowest BCUT2D eigenvalue weighted by atomic mass is 10.1. The summed E-state index contributed by atoms with van der Waals surface area (Å²) in [5.74, 6) is 0. The van der Waals surface area contributed by atoms with Gasteiger partial charge in [-0.05, 0) is 38.3 Å². The Balaban J connectivity index is 2.07. The Morgan fingerprint density at radius 3 is 2.54 bits per heavy atom. The molecule has 142 valence electrons. The molecule has 0 radical (unpaired) electrons. The minimum Gasteiger partial charge on any atom is -0.381 e. The summed E-state index contributed by atoms with van der Waals surface area (Å²) >= 11 is 1.22. The first-order valence-electron chi connectivity index (χ1n) is 8.03. The van der Waals surface area contributed by atoms with E-state index in [1.165, 1.54) is 24.5 Å². The van der Waals surface area contributed by atoms with Gasteiger partial charge in [0.25, 0.3) is 0 Å². The number of rotatable bonds is 4. The number of hydrogen-bond donors (Lipinski definition) is 0. The van der Waals surface area contributed by atoms with E-state index < -0.39 is 31.7 Å². The molecule has 0 amide bonds. The predicted molar refractivity (Wildman–Crippen MR) is 92.9 cm³/mol. The second-order valence-electron chi connectivity index (χ2n) is 6.34. The van der Waals surface area contributed by atoms with Crippen LogP contribution in [0.2, 0.25) is 0 Å². The highest BCUT2D eigenvalue weighted by atomic mass is 32.2. The van der Waals surface area contributed by atoms with E-state index in [9.17, 15) is 21.6 Å². The number of sulfone groups is 1. The summed E-state index contributed by atoms with van der Waals surface area (Å²) in [5.41, 5.74) is -0.175. The van der Waals surface area contributed by atoms with Gasteiger partial charge in [-0.25, -0.2) is 13.4 Å². The third-order valence-electron chi connectivity index (χ3n) is 4.57. The molecule has 0 aliphatic heterocycles. The van der Waals surface area contributed by atoms with Crippen molar-refractivity contribution in [2.45, 2.75) is 48.6 Å². The number of benzene rings is 1. The monoisotopic (exact) mass is 405 g/mol. The Morgan fingerprint density at radius 2 is 2.00 bits per heavy atom. The van der Waals surface area contributed by atoms with Gasteiger partial charge in [0, 0.05) is 23.7 Å². The van der Waals surface area contributed by atoms with Crippen LogP contribution in [0.4, 0.5) is 13.2 Å². The summed E-state index contributed by atoms with van der Waals surface area (Å²) in [5, 5.41) is 1.30. The van der Waals surface area contributed by atoms with Crippen LogP contribution in [0.25, 0.3) is 10.6 Å². The second kappa shape index (κ2) is 6.94. The Labute approximate surface area is 153 Å². The smallest absolute Gasteiger partial charge is 0.381 e. The fraction of sp³-hybridized carbons (Fsp3) is 0.471. The van der Waals surface area contributed by atoms with Gasteiger partial charge in [0.15, 0.2) is 9.84 Å². The van der Waals surface area contributed by atoms with Crippen LogP contribution in [-0.2, 0) is 20.8 Å². The lowest BCUT2D eigenvalue weighted by molar-refractivity contribution is -0.139. The Kier molecular flexibility index (Phi) is 5.15. The SMILES string of the molecule is CO[C@H]1CC[C@H](S(=O)(=O)c2ccc(-c3nc(C)cs3)cc2C(F)(F)F)C1. The number of hydrogen-bond acceptors (Lipinski definition) is 5. The molecule has 3 rings (SSSR count). The van der Waals surface area contributed by atoms with Crippen LogP contribution in [0, 0.1) is 6.92 Å². The molecule has 1 fully saturated rings. The van der Waals surface area contributed by atoms with Crippen LogP contribution in [0.3, 0.4) is 0 Å². The molecule has 1 aromatic heterocycles. The number of nitrogens with zero attached hydrogens (tertiary/aromatic N) is 1. The highest BCUT2D eigenvalue weighted by Crippen LogP contribution is 2.40. The maximum Gasteiger partial charge on any atom is 0.417 e. The molecule has 0 saturated heterocycles. The molecule has 9 heteroatoms. The van der Waals surface area contributed by atoms with E-state index in [4.69, 9.17) is 4.74 Å². The quantitative estimate of drug-likeness (QED) is 0.753. The minimum absolute atomic E-state index is 0.212. The summed E-state index contributed by atoms with van der Waals surface area (Å²) < 4.78 is 71.7. The van der Waals surface area contributed by atoms with Crippen LogP contribution in [-0.4, -0.2) is 31.9 Å². The van der Waals surface area contributed by atoms with Crippen LogP contribution in [0.15, 0.2) is 28.5 Å². The van der Waals surface area contributed by atoms with Crippen molar-refractivity contribution in [1.82, 2.24) is 4.98 Å². The Bertz CT molecular complexity index is 906. The van der Waals surface area contributed by atoms with Gasteiger partial charge in [0.2, 0.25) is 0 Å². The molecular weight excluding hydrogens is 387 g/mol. The van der Waals surface area contributed by atoms with E-state index >= 15 is 0 Å². The first-order valence-corrected chi connectivity index (χ1v) is 10.5. The van der Waals surface area contributed by atoms with Gasteiger partial charge in [-0.3, -0.25) is 0 Å². The zero-order valence-electron chi connectivity index (χ0n) is 14.2. The van der Waals surface area contributed by atoms with Crippen molar-refractivity contribution in [1.29, 1.82) is 0 Å². The third-order valence-corrected chi connectivity index (χ3v) is 7.85. The number of methoxy groups -OCH3 is 1. The summed E-state index contributed by atoms with van der Waals surface area (Å²) in [6, 6.07) is 3.33. The van der Waals surface area contributed by atoms with Crippen molar-refractivity contribution in [2.75, 3.05) is 7.11 Å². The van der Waals surface area contributed by atoms with Crippen molar-refractivity contribution in [2.24, 2.45) is 0 Å². The van der Waals surface area contributed by atoms with Crippen molar-refractivity contribution in [3.63, 3.8) is 0 Å². The second-order valence-corrected chi connectivity index (χ2v) is 9.40. The molecular formula is C17H18F3NO3S2. The first-order chi connectivity index (χ1) is 12.1. The zero-order valence-corrected chi connectivity index (χ0v) is 15.8. The standard InChI is InChI=1S/C17H18F3NO3S2/c1-10-9-25-16(21-10)11-3-6-15(14(7-11)17(18,19)20)26(22,23)13-5-4-12(8-13)24-2/h3,6-7,9,12-13H,4-5,8H2,1-2H3/t12-,13-/m0/s1. The lowest BCUT2D eigenvalue weighted by Crippen LogP contribution is -2.23. The normalized spacial score (nSPS) is 21.3. The Morgan fingerprint density at radius 1 is 1.27 bits per heavy atom. The van der Waals surface area contributed by atoms with E-state index in [1.807, 2.05) is 0 Å². The molecule has 1 aliphatic rings. The fourth-order valence-electron chi connectivity index (χ4n) is 3.20. The van der Waals surface area contributed by atoms with Crippen LogP contribution < -0.4 is 0 Å². The minimum atomic E-state index is -4.77. The van der Waals surface area contributed by atoms with Gasteiger partial charge in [-0.15, -0.1) is 11.3 Å². The topological polar surface area (TPSA) is 56.3 Å². The molecule has 1 aromatic carbocycles.